The predicted octanol–water partition coefficient (Wildman–Crippen LogP) is 3.76. The van der Waals surface area contributed by atoms with Crippen molar-refractivity contribution in [3.05, 3.63) is 47.3 Å². The molecule has 2 fully saturated rings. The molecule has 0 saturated carbocycles. The first-order chi connectivity index (χ1) is 13.7. The van der Waals surface area contributed by atoms with Crippen LogP contribution in [0.1, 0.15) is 59.9 Å². The average Bonchev–Trinajstić information content (AvgIpc) is 3.23. The monoisotopic (exact) mass is 380 g/mol. The van der Waals surface area contributed by atoms with Crippen molar-refractivity contribution in [1.29, 1.82) is 0 Å². The summed E-state index contributed by atoms with van der Waals surface area (Å²) in [5.41, 5.74) is 2.46. The van der Waals surface area contributed by atoms with Crippen molar-refractivity contribution in [3.63, 3.8) is 0 Å². The SMILES string of the molecule is COc1cccc(C2CCCN2C(=O)c2cc(C)nc(N3CCCCC3)n2)c1. The van der Waals surface area contributed by atoms with Crippen LogP contribution in [0.2, 0.25) is 0 Å². The molecular weight excluding hydrogens is 352 g/mol. The van der Waals surface area contributed by atoms with E-state index in [0.29, 0.717) is 11.6 Å². The summed E-state index contributed by atoms with van der Waals surface area (Å²) < 4.78 is 5.36. The summed E-state index contributed by atoms with van der Waals surface area (Å²) in [5.74, 6) is 1.51. The van der Waals surface area contributed by atoms with Gasteiger partial charge in [-0.25, -0.2) is 9.97 Å². The first kappa shape index (κ1) is 18.7. The fraction of sp³-hybridized carbons (Fsp3) is 0.500. The Morgan fingerprint density at radius 3 is 2.68 bits per heavy atom. The molecule has 0 spiro atoms. The number of rotatable bonds is 4. The van der Waals surface area contributed by atoms with E-state index in [2.05, 4.69) is 20.9 Å². The van der Waals surface area contributed by atoms with E-state index in [1.807, 2.05) is 36.1 Å². The molecule has 1 amide bonds. The molecule has 4 rings (SSSR count). The molecule has 1 aromatic carbocycles. The van der Waals surface area contributed by atoms with Gasteiger partial charge < -0.3 is 14.5 Å². The zero-order valence-electron chi connectivity index (χ0n) is 16.7. The van der Waals surface area contributed by atoms with Gasteiger partial charge in [-0.1, -0.05) is 12.1 Å². The minimum atomic E-state index is -0.00548. The average molecular weight is 380 g/mol. The van der Waals surface area contributed by atoms with Crippen LogP contribution in [-0.4, -0.2) is 47.5 Å². The Bertz CT molecular complexity index is 848. The third-order valence-electron chi connectivity index (χ3n) is 5.69. The molecule has 3 heterocycles. The number of methoxy groups -OCH3 is 1. The van der Waals surface area contributed by atoms with Crippen molar-refractivity contribution < 1.29 is 9.53 Å². The topological polar surface area (TPSA) is 58.6 Å². The van der Waals surface area contributed by atoms with E-state index < -0.39 is 0 Å². The maximum absolute atomic E-state index is 13.4. The maximum Gasteiger partial charge on any atom is 0.273 e. The van der Waals surface area contributed by atoms with Gasteiger partial charge in [0, 0.05) is 25.3 Å². The summed E-state index contributed by atoms with van der Waals surface area (Å²) in [6.07, 6.45) is 5.53. The van der Waals surface area contributed by atoms with Crippen molar-refractivity contribution in [1.82, 2.24) is 14.9 Å². The molecular formula is C22H28N4O2. The molecule has 2 aromatic rings. The highest BCUT2D eigenvalue weighted by Crippen LogP contribution is 2.34. The summed E-state index contributed by atoms with van der Waals surface area (Å²) >= 11 is 0. The highest BCUT2D eigenvalue weighted by Gasteiger charge is 2.32. The van der Waals surface area contributed by atoms with Crippen molar-refractivity contribution >= 4 is 11.9 Å². The van der Waals surface area contributed by atoms with Crippen LogP contribution in [0, 0.1) is 6.92 Å². The Morgan fingerprint density at radius 2 is 1.89 bits per heavy atom. The third-order valence-corrected chi connectivity index (χ3v) is 5.69. The van der Waals surface area contributed by atoms with Crippen molar-refractivity contribution in [2.45, 2.75) is 45.1 Å². The normalized spacial score (nSPS) is 19.7. The van der Waals surface area contributed by atoms with Crippen LogP contribution < -0.4 is 9.64 Å². The number of nitrogens with zero attached hydrogens (tertiary/aromatic N) is 4. The van der Waals surface area contributed by atoms with Crippen LogP contribution in [0.25, 0.3) is 0 Å². The standard InChI is InChI=1S/C22H28N4O2/c1-16-14-19(24-22(23-16)25-11-4-3-5-12-25)21(27)26-13-7-10-20(26)17-8-6-9-18(15-17)28-2/h6,8-9,14-15,20H,3-5,7,10-13H2,1-2H3. The van der Waals surface area contributed by atoms with Crippen molar-refractivity contribution in [2.24, 2.45) is 0 Å². The second-order valence-electron chi connectivity index (χ2n) is 7.68. The van der Waals surface area contributed by atoms with Crippen LogP contribution >= 0.6 is 0 Å². The Kier molecular flexibility index (Phi) is 5.46. The fourth-order valence-corrected chi connectivity index (χ4v) is 4.25. The van der Waals surface area contributed by atoms with Crippen LogP contribution in [0.5, 0.6) is 5.75 Å². The molecule has 148 valence electrons. The lowest BCUT2D eigenvalue weighted by Crippen LogP contribution is -2.34. The Labute approximate surface area is 166 Å². The number of carbonyl (C=O) groups is 1. The van der Waals surface area contributed by atoms with Gasteiger partial charge in [-0.2, -0.15) is 0 Å². The number of amides is 1. The number of likely N-dealkylation sites (tertiary alicyclic amines) is 1. The van der Waals surface area contributed by atoms with E-state index in [1.54, 1.807) is 7.11 Å². The van der Waals surface area contributed by atoms with Gasteiger partial charge in [-0.15, -0.1) is 0 Å². The molecule has 1 aromatic heterocycles. The predicted molar refractivity (Wildman–Crippen MR) is 109 cm³/mol. The van der Waals surface area contributed by atoms with E-state index in [4.69, 9.17) is 4.74 Å². The largest absolute Gasteiger partial charge is 0.497 e. The first-order valence-electron chi connectivity index (χ1n) is 10.2. The van der Waals surface area contributed by atoms with Gasteiger partial charge >= 0.3 is 0 Å². The number of piperidine rings is 1. The van der Waals surface area contributed by atoms with E-state index in [0.717, 1.165) is 62.3 Å². The van der Waals surface area contributed by atoms with E-state index in [-0.39, 0.29) is 11.9 Å². The minimum Gasteiger partial charge on any atom is -0.497 e. The number of hydrogen-bond donors (Lipinski definition) is 0. The summed E-state index contributed by atoms with van der Waals surface area (Å²) in [5, 5.41) is 0. The molecule has 2 saturated heterocycles. The highest BCUT2D eigenvalue weighted by molar-refractivity contribution is 5.93. The Hall–Kier alpha value is -2.63. The fourth-order valence-electron chi connectivity index (χ4n) is 4.25. The molecule has 0 bridgehead atoms. The van der Waals surface area contributed by atoms with Crippen LogP contribution in [0.4, 0.5) is 5.95 Å². The molecule has 2 aliphatic heterocycles. The lowest BCUT2D eigenvalue weighted by Gasteiger charge is -2.28. The van der Waals surface area contributed by atoms with Gasteiger partial charge in [0.05, 0.1) is 13.2 Å². The molecule has 0 radical (unpaired) electrons. The Balaban J connectivity index is 1.60. The van der Waals surface area contributed by atoms with Crippen LogP contribution in [0.3, 0.4) is 0 Å². The molecule has 2 aliphatic rings. The zero-order valence-corrected chi connectivity index (χ0v) is 16.7. The van der Waals surface area contributed by atoms with Gasteiger partial charge in [0.15, 0.2) is 0 Å². The molecule has 0 N–H and O–H groups in total. The number of benzene rings is 1. The summed E-state index contributed by atoms with van der Waals surface area (Å²) in [6.45, 7) is 4.62. The first-order valence-corrected chi connectivity index (χ1v) is 10.2. The highest BCUT2D eigenvalue weighted by atomic mass is 16.5. The number of ether oxygens (including phenoxy) is 1. The lowest BCUT2D eigenvalue weighted by atomic mass is 10.0. The van der Waals surface area contributed by atoms with Crippen molar-refractivity contribution in [3.8, 4) is 5.75 Å². The lowest BCUT2D eigenvalue weighted by molar-refractivity contribution is 0.0729. The zero-order chi connectivity index (χ0) is 19.5. The maximum atomic E-state index is 13.4. The molecule has 6 heteroatoms. The number of anilines is 1. The van der Waals surface area contributed by atoms with Gasteiger partial charge in [-0.3, -0.25) is 4.79 Å². The van der Waals surface area contributed by atoms with Crippen LogP contribution in [-0.2, 0) is 0 Å². The molecule has 6 nitrogen and oxygen atoms in total. The second kappa shape index (κ2) is 8.17. The summed E-state index contributed by atoms with van der Waals surface area (Å²) in [7, 11) is 1.67. The van der Waals surface area contributed by atoms with Crippen LogP contribution in [0.15, 0.2) is 30.3 Å². The van der Waals surface area contributed by atoms with E-state index in [9.17, 15) is 4.79 Å². The van der Waals surface area contributed by atoms with E-state index in [1.165, 1.54) is 6.42 Å². The molecule has 0 aliphatic carbocycles. The third kappa shape index (κ3) is 3.81. The van der Waals surface area contributed by atoms with E-state index >= 15 is 0 Å². The van der Waals surface area contributed by atoms with Gasteiger partial charge in [0.2, 0.25) is 5.95 Å². The second-order valence-corrected chi connectivity index (χ2v) is 7.68. The Morgan fingerprint density at radius 1 is 1.07 bits per heavy atom. The van der Waals surface area contributed by atoms with Gasteiger partial charge in [0.1, 0.15) is 11.4 Å². The molecule has 1 atom stereocenters. The van der Waals surface area contributed by atoms with Gasteiger partial charge in [-0.05, 0) is 62.8 Å². The number of aryl methyl sites for hydroxylation is 1. The van der Waals surface area contributed by atoms with Crippen molar-refractivity contribution in [2.75, 3.05) is 31.6 Å². The molecule has 28 heavy (non-hydrogen) atoms. The number of aromatic nitrogens is 2. The number of carbonyl (C=O) groups excluding carboxylic acids is 1. The minimum absolute atomic E-state index is 0.00548. The smallest absolute Gasteiger partial charge is 0.273 e. The summed E-state index contributed by atoms with van der Waals surface area (Å²) in [4.78, 5) is 26.8. The quantitative estimate of drug-likeness (QED) is 0.808. The van der Waals surface area contributed by atoms with Gasteiger partial charge in [0.25, 0.3) is 5.91 Å². The molecule has 1 unspecified atom stereocenters. The number of hydrogen-bond acceptors (Lipinski definition) is 5. The summed E-state index contributed by atoms with van der Waals surface area (Å²) in [6, 6.07) is 9.90.